The van der Waals surface area contributed by atoms with Crippen molar-refractivity contribution >= 4 is 32.7 Å². The number of hydrogen-bond donors (Lipinski definition) is 0. The molecule has 8 heteroatoms. The number of para-hydroxylation sites is 1. The summed E-state index contributed by atoms with van der Waals surface area (Å²) in [5, 5.41) is 0.533. The van der Waals surface area contributed by atoms with Gasteiger partial charge in [0.2, 0.25) is 0 Å². The number of carbonyl (C=O) groups is 1. The molecule has 2 heterocycles. The SMILES string of the molecule is C[C@H](Oc1ccccc1)C(=O)N=C1S[C@H]2CS(=O)(=O)C[C@@H]2N1C. The molecule has 3 rings (SSSR count). The summed E-state index contributed by atoms with van der Waals surface area (Å²) in [6.45, 7) is 1.66. The monoisotopic (exact) mass is 354 g/mol. The zero-order valence-corrected chi connectivity index (χ0v) is 14.5. The average molecular weight is 354 g/mol. The van der Waals surface area contributed by atoms with Gasteiger partial charge in [-0.05, 0) is 19.1 Å². The van der Waals surface area contributed by atoms with Crippen LogP contribution in [0.15, 0.2) is 35.3 Å². The van der Waals surface area contributed by atoms with Crippen LogP contribution in [0.3, 0.4) is 0 Å². The van der Waals surface area contributed by atoms with Crippen LogP contribution in [-0.2, 0) is 14.6 Å². The molecule has 0 N–H and O–H groups in total. The van der Waals surface area contributed by atoms with E-state index < -0.39 is 15.9 Å². The second-order valence-corrected chi connectivity index (χ2v) is 9.08. The summed E-state index contributed by atoms with van der Waals surface area (Å²) in [6, 6.07) is 9.00. The van der Waals surface area contributed by atoms with E-state index in [1.54, 1.807) is 31.0 Å². The smallest absolute Gasteiger partial charge is 0.288 e. The Kier molecular flexibility index (Phi) is 4.37. The standard InChI is InChI=1S/C15H18N2O4S2/c1-10(21-11-6-4-3-5-7-11)14(18)16-15-17(2)12-8-23(19,20)9-13(12)22-15/h3-7,10,12-13H,8-9H2,1-2H3/t10-,12-,13-/m0/s1. The molecule has 0 saturated carbocycles. The molecule has 2 fully saturated rings. The second-order valence-electron chi connectivity index (χ2n) is 5.72. The van der Waals surface area contributed by atoms with Gasteiger partial charge in [0.1, 0.15) is 5.75 Å². The lowest BCUT2D eigenvalue weighted by Gasteiger charge is -2.18. The van der Waals surface area contributed by atoms with Crippen LogP contribution in [0.4, 0.5) is 0 Å². The van der Waals surface area contributed by atoms with Crippen LogP contribution in [-0.4, -0.2) is 60.3 Å². The first-order valence-corrected chi connectivity index (χ1v) is 10.00. The van der Waals surface area contributed by atoms with E-state index in [0.717, 1.165) is 0 Å². The maximum atomic E-state index is 12.2. The molecule has 0 aromatic heterocycles. The number of thioether (sulfide) groups is 1. The van der Waals surface area contributed by atoms with Crippen LogP contribution in [0.25, 0.3) is 0 Å². The van der Waals surface area contributed by atoms with Gasteiger partial charge in [-0.15, -0.1) is 0 Å². The Labute approximate surface area is 139 Å². The maximum absolute atomic E-state index is 12.2. The molecule has 0 spiro atoms. The number of aliphatic imine (C=N–C) groups is 1. The number of sulfone groups is 1. The molecule has 0 bridgehead atoms. The maximum Gasteiger partial charge on any atom is 0.288 e. The van der Waals surface area contributed by atoms with Crippen molar-refractivity contribution < 1.29 is 17.9 Å². The molecule has 1 aromatic carbocycles. The Morgan fingerprint density at radius 1 is 1.35 bits per heavy atom. The number of benzene rings is 1. The molecule has 2 aliphatic rings. The molecule has 1 aromatic rings. The van der Waals surface area contributed by atoms with Gasteiger partial charge in [-0.3, -0.25) is 4.79 Å². The van der Waals surface area contributed by atoms with Gasteiger partial charge >= 0.3 is 0 Å². The summed E-state index contributed by atoms with van der Waals surface area (Å²) >= 11 is 1.36. The molecule has 2 saturated heterocycles. The zero-order valence-electron chi connectivity index (χ0n) is 12.9. The summed E-state index contributed by atoms with van der Waals surface area (Å²) in [6.07, 6.45) is -0.692. The summed E-state index contributed by atoms with van der Waals surface area (Å²) in [5.41, 5.74) is 0. The molecule has 2 aliphatic heterocycles. The molecule has 23 heavy (non-hydrogen) atoms. The predicted molar refractivity (Wildman–Crippen MR) is 90.6 cm³/mol. The minimum Gasteiger partial charge on any atom is -0.481 e. The van der Waals surface area contributed by atoms with E-state index in [4.69, 9.17) is 4.74 Å². The van der Waals surface area contributed by atoms with Crippen molar-refractivity contribution in [1.29, 1.82) is 0 Å². The number of hydrogen-bond acceptors (Lipinski definition) is 5. The van der Waals surface area contributed by atoms with E-state index in [1.165, 1.54) is 11.8 Å². The quantitative estimate of drug-likeness (QED) is 0.811. The van der Waals surface area contributed by atoms with E-state index in [-0.39, 0.29) is 28.7 Å². The molecule has 3 atom stereocenters. The number of nitrogens with zero attached hydrogens (tertiary/aromatic N) is 2. The fraction of sp³-hybridized carbons (Fsp3) is 0.467. The highest BCUT2D eigenvalue weighted by atomic mass is 32.2. The van der Waals surface area contributed by atoms with Crippen molar-refractivity contribution in [2.45, 2.75) is 24.3 Å². The number of fused-ring (bicyclic) bond motifs is 1. The highest BCUT2D eigenvalue weighted by molar-refractivity contribution is 8.15. The summed E-state index contributed by atoms with van der Waals surface area (Å²) in [7, 11) is -1.19. The Bertz CT molecular complexity index is 733. The Balaban J connectivity index is 1.67. The highest BCUT2D eigenvalue weighted by Crippen LogP contribution is 2.37. The van der Waals surface area contributed by atoms with Gasteiger partial charge in [-0.1, -0.05) is 30.0 Å². The van der Waals surface area contributed by atoms with Crippen LogP contribution in [0.1, 0.15) is 6.92 Å². The number of rotatable bonds is 3. The third kappa shape index (κ3) is 3.53. The van der Waals surface area contributed by atoms with Gasteiger partial charge in [0.25, 0.3) is 5.91 Å². The topological polar surface area (TPSA) is 76.0 Å². The van der Waals surface area contributed by atoms with Gasteiger partial charge in [-0.25, -0.2) is 8.42 Å². The molecule has 0 aliphatic carbocycles. The Hall–Kier alpha value is -1.54. The largest absolute Gasteiger partial charge is 0.481 e. The molecule has 6 nitrogen and oxygen atoms in total. The predicted octanol–water partition coefficient (Wildman–Crippen LogP) is 1.18. The van der Waals surface area contributed by atoms with Crippen LogP contribution >= 0.6 is 11.8 Å². The van der Waals surface area contributed by atoms with Gasteiger partial charge in [-0.2, -0.15) is 4.99 Å². The van der Waals surface area contributed by atoms with Gasteiger partial charge in [0, 0.05) is 12.3 Å². The number of amides is 1. The van der Waals surface area contributed by atoms with E-state index >= 15 is 0 Å². The third-order valence-corrected chi connectivity index (χ3v) is 7.24. The number of ether oxygens (including phenoxy) is 1. The lowest BCUT2D eigenvalue weighted by Crippen LogP contribution is -2.34. The number of amidine groups is 1. The molecule has 124 valence electrons. The first kappa shape index (κ1) is 16.3. The molecule has 1 amide bonds. The van der Waals surface area contributed by atoms with Crippen molar-refractivity contribution in [2.24, 2.45) is 4.99 Å². The molecule has 0 unspecified atom stereocenters. The lowest BCUT2D eigenvalue weighted by atomic mass is 10.2. The zero-order chi connectivity index (χ0) is 16.6. The van der Waals surface area contributed by atoms with E-state index in [0.29, 0.717) is 10.9 Å². The van der Waals surface area contributed by atoms with Crippen LogP contribution < -0.4 is 4.74 Å². The summed E-state index contributed by atoms with van der Waals surface area (Å²) < 4.78 is 28.9. The molecule has 0 radical (unpaired) electrons. The van der Waals surface area contributed by atoms with Crippen LogP contribution in [0, 0.1) is 0 Å². The van der Waals surface area contributed by atoms with Crippen molar-refractivity contribution in [3.63, 3.8) is 0 Å². The van der Waals surface area contributed by atoms with E-state index in [2.05, 4.69) is 4.99 Å². The fourth-order valence-corrected chi connectivity index (χ4v) is 6.68. The number of carbonyl (C=O) groups excluding carboxylic acids is 1. The average Bonchev–Trinajstić information content (AvgIpc) is 2.94. The van der Waals surface area contributed by atoms with Crippen LogP contribution in [0.2, 0.25) is 0 Å². The van der Waals surface area contributed by atoms with Crippen molar-refractivity contribution in [3.05, 3.63) is 30.3 Å². The van der Waals surface area contributed by atoms with E-state index in [9.17, 15) is 13.2 Å². The molecular formula is C15H18N2O4S2. The molecular weight excluding hydrogens is 336 g/mol. The Morgan fingerprint density at radius 3 is 2.70 bits per heavy atom. The highest BCUT2D eigenvalue weighted by Gasteiger charge is 2.47. The van der Waals surface area contributed by atoms with Gasteiger partial charge in [0.15, 0.2) is 21.1 Å². The van der Waals surface area contributed by atoms with Gasteiger partial charge < -0.3 is 9.64 Å². The second kappa shape index (κ2) is 6.16. The van der Waals surface area contributed by atoms with Crippen molar-refractivity contribution in [2.75, 3.05) is 18.6 Å². The minimum absolute atomic E-state index is 0.0399. The first-order chi connectivity index (χ1) is 10.9. The normalized spacial score (nSPS) is 28.6. The van der Waals surface area contributed by atoms with Gasteiger partial charge in [0.05, 0.1) is 17.5 Å². The van der Waals surface area contributed by atoms with E-state index in [1.807, 2.05) is 18.2 Å². The summed E-state index contributed by atoms with van der Waals surface area (Å²) in [5.74, 6) is 0.524. The van der Waals surface area contributed by atoms with Crippen molar-refractivity contribution in [3.8, 4) is 5.75 Å². The van der Waals surface area contributed by atoms with Crippen molar-refractivity contribution in [1.82, 2.24) is 4.90 Å². The Morgan fingerprint density at radius 2 is 2.04 bits per heavy atom. The lowest BCUT2D eigenvalue weighted by molar-refractivity contribution is -0.123. The first-order valence-electron chi connectivity index (χ1n) is 7.30. The minimum atomic E-state index is -2.97. The summed E-state index contributed by atoms with van der Waals surface area (Å²) in [4.78, 5) is 18.2. The fourth-order valence-electron chi connectivity index (χ4n) is 2.68. The third-order valence-electron chi connectivity index (χ3n) is 3.94. The van der Waals surface area contributed by atoms with Crippen LogP contribution in [0.5, 0.6) is 5.75 Å².